The molecule has 5 nitrogen and oxygen atoms in total. The van der Waals surface area contributed by atoms with E-state index in [0.717, 1.165) is 13.1 Å². The summed E-state index contributed by atoms with van der Waals surface area (Å²) in [4.78, 5) is 14.1. The zero-order chi connectivity index (χ0) is 15.1. The SMILES string of the molecule is COc1ccc(N)cc1NC(=O)CCN(C)CC(C)C. The molecule has 0 spiro atoms. The fourth-order valence-corrected chi connectivity index (χ4v) is 2.04. The van der Waals surface area contributed by atoms with E-state index in [-0.39, 0.29) is 5.91 Å². The minimum absolute atomic E-state index is 0.0375. The summed E-state index contributed by atoms with van der Waals surface area (Å²) in [6.45, 7) is 6.03. The van der Waals surface area contributed by atoms with Gasteiger partial charge in [0.1, 0.15) is 5.75 Å². The van der Waals surface area contributed by atoms with Gasteiger partial charge in [-0.25, -0.2) is 0 Å². The number of hydrogen-bond donors (Lipinski definition) is 2. The van der Waals surface area contributed by atoms with Gasteiger partial charge < -0.3 is 20.7 Å². The summed E-state index contributed by atoms with van der Waals surface area (Å²) in [7, 11) is 3.59. The van der Waals surface area contributed by atoms with Crippen LogP contribution < -0.4 is 15.8 Å². The maximum absolute atomic E-state index is 11.9. The van der Waals surface area contributed by atoms with E-state index in [9.17, 15) is 4.79 Å². The largest absolute Gasteiger partial charge is 0.495 e. The molecule has 3 N–H and O–H groups in total. The third kappa shape index (κ3) is 5.48. The second-order valence-electron chi connectivity index (χ2n) is 5.41. The maximum Gasteiger partial charge on any atom is 0.225 e. The van der Waals surface area contributed by atoms with Gasteiger partial charge in [-0.2, -0.15) is 0 Å². The molecule has 0 fully saturated rings. The summed E-state index contributed by atoms with van der Waals surface area (Å²) < 4.78 is 5.20. The van der Waals surface area contributed by atoms with Crippen LogP contribution in [0.3, 0.4) is 0 Å². The van der Waals surface area contributed by atoms with Crippen molar-refractivity contribution < 1.29 is 9.53 Å². The second-order valence-corrected chi connectivity index (χ2v) is 5.41. The average Bonchev–Trinajstić information content (AvgIpc) is 2.36. The first-order chi connectivity index (χ1) is 9.42. The molecule has 0 saturated heterocycles. The molecule has 0 bridgehead atoms. The van der Waals surface area contributed by atoms with Gasteiger partial charge in [0, 0.05) is 25.2 Å². The first-order valence-corrected chi connectivity index (χ1v) is 6.84. The van der Waals surface area contributed by atoms with Crippen LogP contribution in [0.25, 0.3) is 0 Å². The third-order valence-corrected chi connectivity index (χ3v) is 2.90. The molecule has 1 rings (SSSR count). The molecule has 20 heavy (non-hydrogen) atoms. The van der Waals surface area contributed by atoms with Crippen LogP contribution in [0, 0.1) is 5.92 Å². The van der Waals surface area contributed by atoms with Crippen LogP contribution >= 0.6 is 0 Å². The van der Waals surface area contributed by atoms with Crippen molar-refractivity contribution in [3.05, 3.63) is 18.2 Å². The number of nitrogens with two attached hydrogens (primary N) is 1. The molecule has 0 heterocycles. The number of amides is 1. The summed E-state index contributed by atoms with van der Waals surface area (Å²) in [5.74, 6) is 1.17. The molecule has 0 atom stereocenters. The van der Waals surface area contributed by atoms with Crippen molar-refractivity contribution in [3.8, 4) is 5.75 Å². The number of benzene rings is 1. The highest BCUT2D eigenvalue weighted by molar-refractivity contribution is 5.93. The number of carbonyl (C=O) groups is 1. The zero-order valence-corrected chi connectivity index (χ0v) is 12.8. The molecule has 5 heteroatoms. The summed E-state index contributed by atoms with van der Waals surface area (Å²) in [6, 6.07) is 5.19. The Labute approximate surface area is 121 Å². The van der Waals surface area contributed by atoms with Gasteiger partial charge in [-0.15, -0.1) is 0 Å². The Balaban J connectivity index is 2.52. The van der Waals surface area contributed by atoms with Crippen molar-refractivity contribution in [2.45, 2.75) is 20.3 Å². The van der Waals surface area contributed by atoms with Crippen LogP contribution in [0.4, 0.5) is 11.4 Å². The van der Waals surface area contributed by atoms with Crippen molar-refractivity contribution in [3.63, 3.8) is 0 Å². The van der Waals surface area contributed by atoms with E-state index < -0.39 is 0 Å². The molecule has 0 saturated carbocycles. The lowest BCUT2D eigenvalue weighted by molar-refractivity contribution is -0.116. The fraction of sp³-hybridized carbons (Fsp3) is 0.533. The van der Waals surface area contributed by atoms with Crippen molar-refractivity contribution in [2.24, 2.45) is 5.92 Å². The van der Waals surface area contributed by atoms with Gasteiger partial charge in [0.2, 0.25) is 5.91 Å². The van der Waals surface area contributed by atoms with E-state index >= 15 is 0 Å². The fourth-order valence-electron chi connectivity index (χ4n) is 2.04. The lowest BCUT2D eigenvalue weighted by Gasteiger charge is -2.18. The topological polar surface area (TPSA) is 67.6 Å². The predicted molar refractivity (Wildman–Crippen MR) is 83.0 cm³/mol. The summed E-state index contributed by atoms with van der Waals surface area (Å²) >= 11 is 0. The first kappa shape index (κ1) is 16.3. The number of carbonyl (C=O) groups excluding carboxylic acids is 1. The zero-order valence-electron chi connectivity index (χ0n) is 12.8. The van der Waals surface area contributed by atoms with Crippen LogP contribution in [0.2, 0.25) is 0 Å². The third-order valence-electron chi connectivity index (χ3n) is 2.90. The van der Waals surface area contributed by atoms with Crippen LogP contribution in [0.1, 0.15) is 20.3 Å². The van der Waals surface area contributed by atoms with Crippen LogP contribution in [-0.4, -0.2) is 38.1 Å². The molecule has 1 aromatic carbocycles. The number of nitrogen functional groups attached to an aromatic ring is 1. The molecule has 0 unspecified atom stereocenters. The van der Waals surface area contributed by atoms with Crippen LogP contribution in [0.5, 0.6) is 5.75 Å². The monoisotopic (exact) mass is 279 g/mol. The van der Waals surface area contributed by atoms with E-state index in [0.29, 0.717) is 29.5 Å². The Kier molecular flexibility index (Phi) is 6.31. The Morgan fingerprint density at radius 3 is 2.75 bits per heavy atom. The van der Waals surface area contributed by atoms with Gasteiger partial charge >= 0.3 is 0 Å². The molecule has 0 aliphatic rings. The van der Waals surface area contributed by atoms with Crippen molar-refractivity contribution in [1.29, 1.82) is 0 Å². The van der Waals surface area contributed by atoms with Gasteiger partial charge in [0.15, 0.2) is 0 Å². The molecular weight excluding hydrogens is 254 g/mol. The van der Waals surface area contributed by atoms with Gasteiger partial charge in [-0.3, -0.25) is 4.79 Å². The van der Waals surface area contributed by atoms with Crippen molar-refractivity contribution in [2.75, 3.05) is 38.3 Å². The van der Waals surface area contributed by atoms with Gasteiger partial charge in [-0.1, -0.05) is 13.8 Å². The smallest absolute Gasteiger partial charge is 0.225 e. The standard InChI is InChI=1S/C15H25N3O2/c1-11(2)10-18(3)8-7-15(19)17-13-9-12(16)5-6-14(13)20-4/h5-6,9,11H,7-8,10,16H2,1-4H3,(H,17,19). The van der Waals surface area contributed by atoms with E-state index in [1.54, 1.807) is 25.3 Å². The van der Waals surface area contributed by atoms with Crippen LogP contribution in [-0.2, 0) is 4.79 Å². The van der Waals surface area contributed by atoms with E-state index in [1.165, 1.54) is 0 Å². The predicted octanol–water partition coefficient (Wildman–Crippen LogP) is 2.19. The first-order valence-electron chi connectivity index (χ1n) is 6.84. The minimum atomic E-state index is -0.0375. The normalized spacial score (nSPS) is 10.9. The highest BCUT2D eigenvalue weighted by Crippen LogP contribution is 2.26. The number of methoxy groups -OCH3 is 1. The van der Waals surface area contributed by atoms with E-state index in [1.807, 2.05) is 7.05 Å². The number of nitrogens with zero attached hydrogens (tertiary/aromatic N) is 1. The van der Waals surface area contributed by atoms with E-state index in [2.05, 4.69) is 24.1 Å². The highest BCUT2D eigenvalue weighted by Gasteiger charge is 2.09. The van der Waals surface area contributed by atoms with Gasteiger partial charge in [-0.05, 0) is 31.2 Å². The summed E-state index contributed by atoms with van der Waals surface area (Å²) in [5.41, 5.74) is 6.93. The van der Waals surface area contributed by atoms with Crippen molar-refractivity contribution >= 4 is 17.3 Å². The lowest BCUT2D eigenvalue weighted by atomic mass is 10.2. The Morgan fingerprint density at radius 1 is 1.45 bits per heavy atom. The molecule has 112 valence electrons. The molecule has 1 amide bonds. The van der Waals surface area contributed by atoms with Gasteiger partial charge in [0.05, 0.1) is 12.8 Å². The molecule has 1 aromatic rings. The summed E-state index contributed by atoms with van der Waals surface area (Å²) in [5, 5.41) is 2.84. The summed E-state index contributed by atoms with van der Waals surface area (Å²) in [6.07, 6.45) is 0.446. The number of nitrogens with one attached hydrogen (secondary N) is 1. The van der Waals surface area contributed by atoms with E-state index in [4.69, 9.17) is 10.5 Å². The number of ether oxygens (including phenoxy) is 1. The quantitative estimate of drug-likeness (QED) is 0.751. The lowest BCUT2D eigenvalue weighted by Crippen LogP contribution is -2.27. The molecule has 0 radical (unpaired) electrons. The number of anilines is 2. The average molecular weight is 279 g/mol. The molecule has 0 aliphatic heterocycles. The Morgan fingerprint density at radius 2 is 2.15 bits per heavy atom. The van der Waals surface area contributed by atoms with Crippen molar-refractivity contribution in [1.82, 2.24) is 4.90 Å². The highest BCUT2D eigenvalue weighted by atomic mass is 16.5. The Hall–Kier alpha value is -1.75. The van der Waals surface area contributed by atoms with Gasteiger partial charge in [0.25, 0.3) is 0 Å². The molecule has 0 aromatic heterocycles. The van der Waals surface area contributed by atoms with Crippen LogP contribution in [0.15, 0.2) is 18.2 Å². The maximum atomic E-state index is 11.9. The molecule has 0 aliphatic carbocycles. The number of rotatable bonds is 7. The molecular formula is C15H25N3O2. The Bertz CT molecular complexity index is 447. The number of hydrogen-bond acceptors (Lipinski definition) is 4. The second kappa shape index (κ2) is 7.75. The minimum Gasteiger partial charge on any atom is -0.495 e.